The van der Waals surface area contributed by atoms with E-state index >= 15 is 0 Å². The zero-order chi connectivity index (χ0) is 28.7. The predicted molar refractivity (Wildman–Crippen MR) is 146 cm³/mol. The van der Waals surface area contributed by atoms with E-state index in [0.29, 0.717) is 51.6 Å². The summed E-state index contributed by atoms with van der Waals surface area (Å²) < 4.78 is 0. The molecule has 13 nitrogen and oxygen atoms in total. The topological polar surface area (TPSA) is 224 Å². The summed E-state index contributed by atoms with van der Waals surface area (Å²) in [5.41, 5.74) is 16.8. The molecule has 1 saturated heterocycles. The lowest BCUT2D eigenvalue weighted by molar-refractivity contribution is -0.149. The number of rotatable bonds is 12. The zero-order valence-electron chi connectivity index (χ0n) is 22.2. The lowest BCUT2D eigenvalue weighted by atomic mass is 10.0. The van der Waals surface area contributed by atoms with E-state index < -0.39 is 30.1 Å². The maximum absolute atomic E-state index is 13.1. The number of guanidine groups is 2. The summed E-state index contributed by atoms with van der Waals surface area (Å²) in [7, 11) is 3.45. The number of aliphatic carboxylic acids is 2. The fraction of sp³-hybridized carbons (Fsp3) is 0.560. The Morgan fingerprint density at radius 2 is 1.79 bits per heavy atom. The second-order valence-electron chi connectivity index (χ2n) is 9.20. The molecule has 212 valence electrons. The molecule has 10 N–H and O–H groups in total. The molecule has 1 aliphatic heterocycles. The van der Waals surface area contributed by atoms with Gasteiger partial charge < -0.3 is 37.2 Å². The minimum absolute atomic E-state index is 0.238. The fourth-order valence-electron chi connectivity index (χ4n) is 3.96. The normalized spacial score (nSPS) is 16.7. The lowest BCUT2D eigenvalue weighted by Gasteiger charge is -2.29. The summed E-state index contributed by atoms with van der Waals surface area (Å²) in [5, 5.41) is 28.7. The number of hydrogen-bond donors (Lipinski definition) is 7. The van der Waals surface area contributed by atoms with Gasteiger partial charge in [-0.15, -0.1) is 0 Å². The number of unbranched alkanes of at least 4 members (excludes halogenated alkanes) is 1. The average molecular weight is 535 g/mol. The molecule has 1 fully saturated rings. The van der Waals surface area contributed by atoms with E-state index in [9.17, 15) is 24.6 Å². The molecule has 3 atom stereocenters. The second-order valence-corrected chi connectivity index (χ2v) is 9.20. The van der Waals surface area contributed by atoms with E-state index in [2.05, 4.69) is 10.3 Å². The summed E-state index contributed by atoms with van der Waals surface area (Å²) in [5.74, 6) is -2.41. The molecular weight excluding hydrogens is 492 g/mol. The van der Waals surface area contributed by atoms with Crippen LogP contribution in [0.5, 0.6) is 0 Å². The van der Waals surface area contributed by atoms with Crippen molar-refractivity contribution in [2.45, 2.75) is 63.1 Å². The maximum atomic E-state index is 13.1. The number of hydrogen-bond acceptors (Lipinski definition) is 6. The van der Waals surface area contributed by atoms with Gasteiger partial charge in [-0.05, 0) is 50.6 Å². The second kappa shape index (κ2) is 16.9. The number of nitrogens with one attached hydrogen (secondary N) is 2. The number of carboxylic acids is 2. The van der Waals surface area contributed by atoms with Crippen LogP contribution in [0.1, 0.15) is 44.1 Å². The van der Waals surface area contributed by atoms with Gasteiger partial charge in [-0.3, -0.25) is 20.3 Å². The summed E-state index contributed by atoms with van der Waals surface area (Å²) in [6.45, 7) is 0.866. The van der Waals surface area contributed by atoms with Crippen LogP contribution in [0.25, 0.3) is 0 Å². The molecule has 1 heterocycles. The lowest BCUT2D eigenvalue weighted by Crippen LogP contribution is -2.54. The van der Waals surface area contributed by atoms with Crippen LogP contribution in [-0.4, -0.2) is 95.1 Å². The minimum Gasteiger partial charge on any atom is -0.480 e. The minimum atomic E-state index is -1.02. The number of carbonyl (C=O) groups excluding carboxylic acids is 1. The molecule has 0 aliphatic carbocycles. The first-order valence-electron chi connectivity index (χ1n) is 12.6. The smallest absolute Gasteiger partial charge is 0.326 e. The van der Waals surface area contributed by atoms with Crippen LogP contribution in [0.2, 0.25) is 0 Å². The highest BCUT2D eigenvalue weighted by atomic mass is 16.4. The molecule has 0 aromatic heterocycles. The van der Waals surface area contributed by atoms with Crippen LogP contribution >= 0.6 is 0 Å². The molecule has 0 spiro atoms. The molecule has 2 rings (SSSR count). The summed E-state index contributed by atoms with van der Waals surface area (Å²) >= 11 is 0. The number of likely N-dealkylation sites (tertiary alicyclic amines) is 1. The van der Waals surface area contributed by atoms with E-state index in [1.807, 2.05) is 30.3 Å². The summed E-state index contributed by atoms with van der Waals surface area (Å²) in [6.07, 6.45) is 3.76. The number of carboxylic acid groups (broad SMARTS) is 2. The van der Waals surface area contributed by atoms with Gasteiger partial charge in [-0.2, -0.15) is 4.99 Å². The number of aryl methyl sites for hydroxylation is 1. The van der Waals surface area contributed by atoms with E-state index in [4.69, 9.17) is 22.6 Å². The van der Waals surface area contributed by atoms with Crippen molar-refractivity contribution in [3.05, 3.63) is 35.9 Å². The third-order valence-corrected chi connectivity index (χ3v) is 6.02. The van der Waals surface area contributed by atoms with E-state index in [1.54, 1.807) is 19.0 Å². The first-order chi connectivity index (χ1) is 18.0. The van der Waals surface area contributed by atoms with E-state index in [1.165, 1.54) is 4.90 Å². The molecule has 1 aromatic carbocycles. The first-order valence-corrected chi connectivity index (χ1v) is 12.6. The standard InChI is InChI=1S/C21H31N3O5.C4H11N5/c22-13-5-4-9-16(19(25)24-14-6-10-18(24)21(28)29)23-17(20(26)27)12-11-15-7-2-1-3-8-15;1-9(2)4(7)8-3(5)6/h1-3,7-8,16-18,23H,4-6,9-14,22H2,(H,26,27)(H,28,29);1-2H3,(H5,5,6,7,8)/t16-,17-,18-;/m0./s1. The SMILES string of the molecule is CN(C)C(N)=NC(=N)N.NCCCC[C@H](N[C@@H](CCc1ccccc1)C(=O)O)C(=O)N1CCC[C@H]1C(=O)O. The van der Waals surface area contributed by atoms with E-state index in [-0.39, 0.29) is 17.8 Å². The Labute approximate surface area is 223 Å². The Balaban J connectivity index is 0.000000686. The van der Waals surface area contributed by atoms with Crippen molar-refractivity contribution in [2.24, 2.45) is 22.2 Å². The van der Waals surface area contributed by atoms with Gasteiger partial charge in [-0.1, -0.05) is 36.8 Å². The van der Waals surface area contributed by atoms with Crippen molar-refractivity contribution < 1.29 is 24.6 Å². The molecular formula is C25H42N8O5. The van der Waals surface area contributed by atoms with Gasteiger partial charge in [0.15, 0.2) is 5.96 Å². The van der Waals surface area contributed by atoms with E-state index in [0.717, 1.165) is 12.0 Å². The Morgan fingerprint density at radius 1 is 1.13 bits per heavy atom. The van der Waals surface area contributed by atoms with Crippen LogP contribution in [0.3, 0.4) is 0 Å². The van der Waals surface area contributed by atoms with Gasteiger partial charge in [0.2, 0.25) is 11.9 Å². The fourth-order valence-corrected chi connectivity index (χ4v) is 3.96. The number of nitrogens with zero attached hydrogens (tertiary/aromatic N) is 3. The number of amides is 1. The first kappa shape index (κ1) is 32.3. The van der Waals surface area contributed by atoms with Crippen molar-refractivity contribution in [2.75, 3.05) is 27.2 Å². The average Bonchev–Trinajstić information content (AvgIpc) is 3.36. The molecule has 0 radical (unpaired) electrons. The Kier molecular flexibility index (Phi) is 14.4. The van der Waals surface area contributed by atoms with Crippen molar-refractivity contribution in [3.8, 4) is 0 Å². The molecule has 0 unspecified atom stereocenters. The highest BCUT2D eigenvalue weighted by molar-refractivity contribution is 5.91. The Hall–Kier alpha value is -3.71. The van der Waals surface area contributed by atoms with Gasteiger partial charge in [-0.25, -0.2) is 4.79 Å². The summed E-state index contributed by atoms with van der Waals surface area (Å²) in [6, 6.07) is 7.10. The highest BCUT2D eigenvalue weighted by Crippen LogP contribution is 2.20. The molecule has 13 heteroatoms. The third kappa shape index (κ3) is 11.6. The molecule has 0 saturated carbocycles. The maximum Gasteiger partial charge on any atom is 0.326 e. The van der Waals surface area contributed by atoms with Gasteiger partial charge in [0.25, 0.3) is 0 Å². The largest absolute Gasteiger partial charge is 0.480 e. The van der Waals surface area contributed by atoms with Crippen molar-refractivity contribution in [3.63, 3.8) is 0 Å². The van der Waals surface area contributed by atoms with Crippen LogP contribution in [-0.2, 0) is 20.8 Å². The predicted octanol–water partition coefficient (Wildman–Crippen LogP) is -0.00863. The molecule has 0 bridgehead atoms. The van der Waals surface area contributed by atoms with Crippen LogP contribution in [0, 0.1) is 5.41 Å². The van der Waals surface area contributed by atoms with Crippen LogP contribution < -0.4 is 22.5 Å². The molecule has 1 amide bonds. The number of benzene rings is 1. The van der Waals surface area contributed by atoms with Crippen LogP contribution in [0.4, 0.5) is 0 Å². The molecule has 38 heavy (non-hydrogen) atoms. The van der Waals surface area contributed by atoms with Gasteiger partial charge in [0.1, 0.15) is 12.1 Å². The summed E-state index contributed by atoms with van der Waals surface area (Å²) in [4.78, 5) is 42.7. The quantitative estimate of drug-likeness (QED) is 0.108. The van der Waals surface area contributed by atoms with Crippen molar-refractivity contribution in [1.29, 1.82) is 5.41 Å². The highest BCUT2D eigenvalue weighted by Gasteiger charge is 2.38. The van der Waals surface area contributed by atoms with Gasteiger partial charge in [0, 0.05) is 20.6 Å². The zero-order valence-corrected chi connectivity index (χ0v) is 22.2. The van der Waals surface area contributed by atoms with Gasteiger partial charge >= 0.3 is 11.9 Å². The third-order valence-electron chi connectivity index (χ3n) is 6.02. The Morgan fingerprint density at radius 3 is 2.29 bits per heavy atom. The number of nitrogens with two attached hydrogens (primary N) is 3. The van der Waals surface area contributed by atoms with Crippen molar-refractivity contribution >= 4 is 29.8 Å². The molecule has 1 aliphatic rings. The monoisotopic (exact) mass is 534 g/mol. The van der Waals surface area contributed by atoms with Crippen LogP contribution in [0.15, 0.2) is 35.3 Å². The number of aliphatic imine (C=N–C) groups is 1. The Bertz CT molecular complexity index is 941. The van der Waals surface area contributed by atoms with Crippen molar-refractivity contribution in [1.82, 2.24) is 15.1 Å². The number of carbonyl (C=O) groups is 3. The van der Waals surface area contributed by atoms with Gasteiger partial charge in [0.05, 0.1) is 6.04 Å². The molecule has 1 aromatic rings.